The van der Waals surface area contributed by atoms with Gasteiger partial charge in [-0.2, -0.15) is 0 Å². The van der Waals surface area contributed by atoms with Gasteiger partial charge in [-0.05, 0) is 31.0 Å². The lowest BCUT2D eigenvalue weighted by Crippen LogP contribution is -1.94. The second-order valence-electron chi connectivity index (χ2n) is 2.83. The van der Waals surface area contributed by atoms with Gasteiger partial charge < -0.3 is 0 Å². The average molecular weight is 227 g/mol. The molecule has 2 heteroatoms. The Balaban J connectivity index is 3.10. The summed E-state index contributed by atoms with van der Waals surface area (Å²) in [7, 11) is 0. The molecule has 1 rings (SSSR count). The molecule has 0 aliphatic heterocycles. The third kappa shape index (κ3) is 1.95. The molecule has 1 aromatic carbocycles. The standard InChI is InChI=1S/C10H11BrO/c1-7-5-9(8(2)12)3-4-10(7)6-11/h3-5H,6H2,1-2H3. The number of benzene rings is 1. The largest absolute Gasteiger partial charge is 0.295 e. The highest BCUT2D eigenvalue weighted by atomic mass is 79.9. The molecule has 0 heterocycles. The zero-order chi connectivity index (χ0) is 9.14. The molecule has 0 aromatic heterocycles. The first-order chi connectivity index (χ1) is 5.65. The predicted molar refractivity (Wildman–Crippen MR) is 53.8 cm³/mol. The van der Waals surface area contributed by atoms with Gasteiger partial charge in [0.25, 0.3) is 0 Å². The van der Waals surface area contributed by atoms with E-state index in [1.165, 1.54) is 11.1 Å². The minimum Gasteiger partial charge on any atom is -0.295 e. The highest BCUT2D eigenvalue weighted by molar-refractivity contribution is 9.08. The van der Waals surface area contributed by atoms with Gasteiger partial charge in [0.05, 0.1) is 0 Å². The molecule has 0 aliphatic carbocycles. The molecule has 0 atom stereocenters. The fourth-order valence-electron chi connectivity index (χ4n) is 1.06. The van der Waals surface area contributed by atoms with Crippen molar-refractivity contribution in [3.63, 3.8) is 0 Å². The number of aryl methyl sites for hydroxylation is 1. The third-order valence-electron chi connectivity index (χ3n) is 1.89. The Morgan fingerprint density at radius 1 is 1.50 bits per heavy atom. The molecule has 0 spiro atoms. The molecule has 0 bridgehead atoms. The summed E-state index contributed by atoms with van der Waals surface area (Å²) in [6, 6.07) is 5.78. The molecule has 0 radical (unpaired) electrons. The number of hydrogen-bond donors (Lipinski definition) is 0. The topological polar surface area (TPSA) is 17.1 Å². The maximum Gasteiger partial charge on any atom is 0.159 e. The molecule has 0 aliphatic rings. The van der Waals surface area contributed by atoms with Crippen molar-refractivity contribution in [3.05, 3.63) is 34.9 Å². The van der Waals surface area contributed by atoms with E-state index in [-0.39, 0.29) is 5.78 Å². The van der Waals surface area contributed by atoms with Crippen LogP contribution in [0.2, 0.25) is 0 Å². The number of carbonyl (C=O) groups is 1. The highest BCUT2D eigenvalue weighted by Crippen LogP contribution is 2.14. The first kappa shape index (κ1) is 9.46. The molecule has 0 saturated carbocycles. The van der Waals surface area contributed by atoms with Crippen LogP contribution in [0, 0.1) is 6.92 Å². The minimum atomic E-state index is 0.124. The maximum absolute atomic E-state index is 11.0. The number of ketones is 1. The molecule has 1 aromatic rings. The smallest absolute Gasteiger partial charge is 0.159 e. The summed E-state index contributed by atoms with van der Waals surface area (Å²) in [5.41, 5.74) is 3.19. The second kappa shape index (κ2) is 3.85. The molecule has 0 amide bonds. The van der Waals surface area contributed by atoms with Crippen LogP contribution in [0.3, 0.4) is 0 Å². The van der Waals surface area contributed by atoms with E-state index in [0.29, 0.717) is 0 Å². The van der Waals surface area contributed by atoms with Crippen LogP contribution in [0.25, 0.3) is 0 Å². The SMILES string of the molecule is CC(=O)c1ccc(CBr)c(C)c1. The van der Waals surface area contributed by atoms with Crippen molar-refractivity contribution in [2.24, 2.45) is 0 Å². The molecular weight excluding hydrogens is 216 g/mol. The lowest BCUT2D eigenvalue weighted by atomic mass is 10.0. The Bertz CT molecular complexity index is 305. The molecule has 1 nitrogen and oxygen atoms in total. The van der Waals surface area contributed by atoms with E-state index in [4.69, 9.17) is 0 Å². The van der Waals surface area contributed by atoms with E-state index in [1.807, 2.05) is 25.1 Å². The van der Waals surface area contributed by atoms with Crippen LogP contribution in [0.15, 0.2) is 18.2 Å². The quantitative estimate of drug-likeness (QED) is 0.560. The second-order valence-corrected chi connectivity index (χ2v) is 3.39. The van der Waals surface area contributed by atoms with Crippen molar-refractivity contribution < 1.29 is 4.79 Å². The van der Waals surface area contributed by atoms with Crippen LogP contribution in [0.1, 0.15) is 28.4 Å². The molecule has 0 saturated heterocycles. The molecule has 64 valence electrons. The van der Waals surface area contributed by atoms with Crippen LogP contribution in [-0.4, -0.2) is 5.78 Å². The Kier molecular flexibility index (Phi) is 3.04. The molecule has 12 heavy (non-hydrogen) atoms. The summed E-state index contributed by atoms with van der Waals surface area (Å²) in [5.74, 6) is 0.124. The summed E-state index contributed by atoms with van der Waals surface area (Å²) in [4.78, 5) is 11.0. The van der Waals surface area contributed by atoms with Gasteiger partial charge in [0, 0.05) is 10.9 Å². The lowest BCUT2D eigenvalue weighted by molar-refractivity contribution is 0.101. The van der Waals surface area contributed by atoms with Gasteiger partial charge in [-0.25, -0.2) is 0 Å². The Morgan fingerprint density at radius 3 is 2.58 bits per heavy atom. The monoisotopic (exact) mass is 226 g/mol. The first-order valence-corrected chi connectivity index (χ1v) is 4.93. The number of hydrogen-bond acceptors (Lipinski definition) is 1. The molecular formula is C10H11BrO. The van der Waals surface area contributed by atoms with Gasteiger partial charge in [-0.15, -0.1) is 0 Å². The van der Waals surface area contributed by atoms with Crippen molar-refractivity contribution in [1.82, 2.24) is 0 Å². The van der Waals surface area contributed by atoms with Gasteiger partial charge in [0.15, 0.2) is 5.78 Å². The van der Waals surface area contributed by atoms with E-state index in [1.54, 1.807) is 6.92 Å². The number of alkyl halides is 1. The molecule has 0 fully saturated rings. The zero-order valence-corrected chi connectivity index (χ0v) is 8.81. The van der Waals surface area contributed by atoms with Crippen molar-refractivity contribution >= 4 is 21.7 Å². The van der Waals surface area contributed by atoms with E-state index in [0.717, 1.165) is 10.9 Å². The van der Waals surface area contributed by atoms with Gasteiger partial charge in [0.1, 0.15) is 0 Å². The van der Waals surface area contributed by atoms with E-state index in [9.17, 15) is 4.79 Å². The fourth-order valence-corrected chi connectivity index (χ4v) is 1.69. The Labute approximate surface area is 80.9 Å². The van der Waals surface area contributed by atoms with E-state index < -0.39 is 0 Å². The zero-order valence-electron chi connectivity index (χ0n) is 7.23. The fraction of sp³-hybridized carbons (Fsp3) is 0.300. The van der Waals surface area contributed by atoms with Crippen LogP contribution in [0.5, 0.6) is 0 Å². The third-order valence-corrected chi connectivity index (χ3v) is 2.50. The van der Waals surface area contributed by atoms with Gasteiger partial charge in [-0.1, -0.05) is 28.1 Å². The summed E-state index contributed by atoms with van der Waals surface area (Å²) >= 11 is 3.38. The van der Waals surface area contributed by atoms with Crippen LogP contribution >= 0.6 is 15.9 Å². The molecule has 0 unspecified atom stereocenters. The minimum absolute atomic E-state index is 0.124. The van der Waals surface area contributed by atoms with E-state index >= 15 is 0 Å². The van der Waals surface area contributed by atoms with Crippen molar-refractivity contribution in [2.45, 2.75) is 19.2 Å². The van der Waals surface area contributed by atoms with Crippen molar-refractivity contribution in [1.29, 1.82) is 0 Å². The van der Waals surface area contributed by atoms with Crippen molar-refractivity contribution in [2.75, 3.05) is 0 Å². The predicted octanol–water partition coefficient (Wildman–Crippen LogP) is 3.09. The van der Waals surface area contributed by atoms with E-state index in [2.05, 4.69) is 15.9 Å². The number of Topliss-reactive ketones (excluding diaryl/α,β-unsaturated/α-hetero) is 1. The Hall–Kier alpha value is -0.630. The average Bonchev–Trinajstić information content (AvgIpc) is 2.04. The van der Waals surface area contributed by atoms with Gasteiger partial charge >= 0.3 is 0 Å². The summed E-state index contributed by atoms with van der Waals surface area (Å²) in [6.45, 7) is 3.60. The highest BCUT2D eigenvalue weighted by Gasteiger charge is 2.01. The normalized spacial score (nSPS) is 9.92. The summed E-state index contributed by atoms with van der Waals surface area (Å²) in [5, 5.41) is 0.844. The number of rotatable bonds is 2. The lowest BCUT2D eigenvalue weighted by Gasteiger charge is -2.02. The van der Waals surface area contributed by atoms with Crippen LogP contribution in [0.4, 0.5) is 0 Å². The van der Waals surface area contributed by atoms with Gasteiger partial charge in [-0.3, -0.25) is 4.79 Å². The van der Waals surface area contributed by atoms with Gasteiger partial charge in [0.2, 0.25) is 0 Å². The molecule has 0 N–H and O–H groups in total. The maximum atomic E-state index is 11.0. The first-order valence-electron chi connectivity index (χ1n) is 3.81. The number of carbonyl (C=O) groups excluding carboxylic acids is 1. The number of halogens is 1. The van der Waals surface area contributed by atoms with Crippen molar-refractivity contribution in [3.8, 4) is 0 Å². The van der Waals surface area contributed by atoms with Crippen LogP contribution in [-0.2, 0) is 5.33 Å². The summed E-state index contributed by atoms with van der Waals surface area (Å²) in [6.07, 6.45) is 0. The Morgan fingerprint density at radius 2 is 2.17 bits per heavy atom. The van der Waals surface area contributed by atoms with Crippen LogP contribution < -0.4 is 0 Å². The summed E-state index contributed by atoms with van der Waals surface area (Å²) < 4.78 is 0.